The van der Waals surface area contributed by atoms with Gasteiger partial charge >= 0.3 is 16.5 Å². The van der Waals surface area contributed by atoms with E-state index in [2.05, 4.69) is 19.5 Å². The zero-order chi connectivity index (χ0) is 27.5. The number of carbonyl (C=O) groups excluding carboxylic acids is 1. The minimum Gasteiger partial charge on any atom is -0.488 e. The molecule has 15 heteroatoms. The van der Waals surface area contributed by atoms with Crippen molar-refractivity contribution >= 4 is 33.2 Å². The van der Waals surface area contributed by atoms with E-state index in [0.29, 0.717) is 16.9 Å². The van der Waals surface area contributed by atoms with Crippen molar-refractivity contribution in [2.24, 2.45) is 11.1 Å². The summed E-state index contributed by atoms with van der Waals surface area (Å²) in [5.74, 6) is -0.990. The Kier molecular flexibility index (Phi) is 8.32. The maximum atomic E-state index is 13.2. The topological polar surface area (TPSA) is 154 Å². The van der Waals surface area contributed by atoms with Crippen LogP contribution >= 0.6 is 11.3 Å². The molecule has 1 aromatic carbocycles. The number of thiophene rings is 1. The van der Waals surface area contributed by atoms with Gasteiger partial charge in [0.25, 0.3) is 0 Å². The number of nitrogens with one attached hydrogen (secondary N) is 1. The molecule has 3 atom stereocenters. The average Bonchev–Trinajstić information content (AvgIpc) is 3.47. The number of para-hydroxylation sites is 1. The highest BCUT2D eigenvalue weighted by Gasteiger charge is 2.35. The molecule has 4 rings (SSSR count). The van der Waals surface area contributed by atoms with Crippen LogP contribution in [0.15, 0.2) is 48.2 Å². The molecule has 1 aliphatic carbocycles. The van der Waals surface area contributed by atoms with Gasteiger partial charge in [0, 0.05) is 23.7 Å². The molecular weight excluding hydrogens is 549 g/mol. The van der Waals surface area contributed by atoms with E-state index in [0.717, 1.165) is 17.4 Å². The molecule has 0 unspecified atom stereocenters. The molecule has 10 nitrogen and oxygen atoms in total. The maximum absolute atomic E-state index is 13.2. The summed E-state index contributed by atoms with van der Waals surface area (Å²) in [6, 6.07) is 6.07. The first kappa shape index (κ1) is 27.9. The highest BCUT2D eigenvalue weighted by molar-refractivity contribution is 7.84. The van der Waals surface area contributed by atoms with Crippen molar-refractivity contribution in [3.05, 3.63) is 69.8 Å². The first-order valence-corrected chi connectivity index (χ1v) is 13.6. The summed E-state index contributed by atoms with van der Waals surface area (Å²) in [5, 5.41) is 19.8. The molecular formula is C23H23F3N4O6S2. The normalized spacial score (nSPS) is 19.9. The molecule has 1 saturated carbocycles. The van der Waals surface area contributed by atoms with Crippen molar-refractivity contribution in [2.75, 3.05) is 11.9 Å². The number of nitrogens with zero attached hydrogens (tertiary/aromatic N) is 2. The number of aromatic nitrogens is 2. The number of aliphatic hydroxyl groups excluding tert-OH is 1. The lowest BCUT2D eigenvalue weighted by Crippen LogP contribution is -2.24. The van der Waals surface area contributed by atoms with E-state index in [1.807, 2.05) is 0 Å². The van der Waals surface area contributed by atoms with Crippen LogP contribution in [-0.4, -0.2) is 48.0 Å². The minimum atomic E-state index is -4.56. The van der Waals surface area contributed by atoms with Gasteiger partial charge in [-0.25, -0.2) is 15.1 Å². The van der Waals surface area contributed by atoms with Crippen LogP contribution < -0.4 is 15.2 Å². The summed E-state index contributed by atoms with van der Waals surface area (Å²) in [7, 11) is -4.14. The Bertz CT molecular complexity index is 1400. The lowest BCUT2D eigenvalue weighted by atomic mass is 10.1. The van der Waals surface area contributed by atoms with Crippen LogP contribution in [-0.2, 0) is 27.3 Å². The van der Waals surface area contributed by atoms with Crippen LogP contribution in [0.25, 0.3) is 0 Å². The van der Waals surface area contributed by atoms with E-state index in [1.165, 1.54) is 36.8 Å². The Morgan fingerprint density at radius 1 is 1.26 bits per heavy atom. The number of aliphatic hydroxyl groups is 1. The molecule has 3 aromatic rings. The van der Waals surface area contributed by atoms with Gasteiger partial charge in [-0.05, 0) is 36.4 Å². The van der Waals surface area contributed by atoms with Gasteiger partial charge in [0.1, 0.15) is 24.5 Å². The van der Waals surface area contributed by atoms with Gasteiger partial charge in [0.2, 0.25) is 5.78 Å². The predicted octanol–water partition coefficient (Wildman–Crippen LogP) is 3.14. The van der Waals surface area contributed by atoms with E-state index < -0.39 is 39.8 Å². The lowest BCUT2D eigenvalue weighted by molar-refractivity contribution is -0.139. The number of anilines is 1. The monoisotopic (exact) mass is 572 g/mol. The zero-order valence-electron chi connectivity index (χ0n) is 19.6. The molecule has 0 spiro atoms. The zero-order valence-corrected chi connectivity index (χ0v) is 21.2. The number of ether oxygens (including phenoxy) is 1. The van der Waals surface area contributed by atoms with Crippen molar-refractivity contribution in [1.29, 1.82) is 0 Å². The molecule has 2 aromatic heterocycles. The molecule has 0 bridgehead atoms. The smallest absolute Gasteiger partial charge is 0.419 e. The van der Waals surface area contributed by atoms with Crippen molar-refractivity contribution in [3.8, 4) is 5.75 Å². The highest BCUT2D eigenvalue weighted by Crippen LogP contribution is 2.36. The quantitative estimate of drug-likeness (QED) is 0.311. The number of hydrogen-bond acceptors (Lipinski definition) is 10. The second-order valence-electron chi connectivity index (χ2n) is 8.63. The summed E-state index contributed by atoms with van der Waals surface area (Å²) in [4.78, 5) is 21.6. The number of hydrogen-bond donors (Lipinski definition) is 3. The number of rotatable bonds is 10. The van der Waals surface area contributed by atoms with E-state index >= 15 is 0 Å². The fourth-order valence-corrected chi connectivity index (χ4v) is 5.29. The van der Waals surface area contributed by atoms with Crippen LogP contribution in [0, 0.1) is 5.92 Å². The third kappa shape index (κ3) is 7.05. The molecule has 0 saturated heterocycles. The average molecular weight is 573 g/mol. The Hall–Kier alpha value is -3.11. The first-order valence-electron chi connectivity index (χ1n) is 11.2. The summed E-state index contributed by atoms with van der Waals surface area (Å²) in [6.45, 7) is -0.448. The molecule has 2 heterocycles. The van der Waals surface area contributed by atoms with E-state index in [9.17, 15) is 31.5 Å². The van der Waals surface area contributed by atoms with Crippen LogP contribution in [0.1, 0.15) is 39.2 Å². The number of benzene rings is 1. The summed E-state index contributed by atoms with van der Waals surface area (Å²) in [6.07, 6.45) is -2.23. The Labute approximate surface area is 219 Å². The van der Waals surface area contributed by atoms with Crippen molar-refractivity contribution < 1.29 is 40.4 Å². The molecule has 38 heavy (non-hydrogen) atoms. The third-order valence-electron chi connectivity index (χ3n) is 5.87. The largest absolute Gasteiger partial charge is 0.488 e. The molecule has 0 aliphatic heterocycles. The fourth-order valence-electron chi connectivity index (χ4n) is 4.08. The van der Waals surface area contributed by atoms with Gasteiger partial charge < -0.3 is 15.2 Å². The first-order chi connectivity index (χ1) is 17.9. The molecule has 0 amide bonds. The number of ketones is 1. The summed E-state index contributed by atoms with van der Waals surface area (Å²) >= 11 is 1.10. The number of carbonyl (C=O) groups is 1. The van der Waals surface area contributed by atoms with E-state index in [1.54, 1.807) is 5.38 Å². The summed E-state index contributed by atoms with van der Waals surface area (Å²) in [5.41, 5.74) is -0.222. The van der Waals surface area contributed by atoms with Gasteiger partial charge in [0.15, 0.2) is 0 Å². The van der Waals surface area contributed by atoms with Crippen molar-refractivity contribution in [2.45, 2.75) is 37.8 Å². The van der Waals surface area contributed by atoms with Crippen molar-refractivity contribution in [1.82, 2.24) is 9.97 Å². The number of halogens is 3. The standard InChI is InChI=1S/C23H23F3N4O6S2/c24-23(25,26)17-3-1-2-4-19(17)35-9-13-5-20(37-11-13)21(32)16-8-28-12-29-22(16)30-15-6-14(18(31)7-15)10-36-38(27,33)34/h1-5,8,11-12,14-15,18,31H,6-7,9-10H2,(H2,27,33,34)(H,28,29,30)/t14-,15-,18+/m1/s1. The van der Waals surface area contributed by atoms with Gasteiger partial charge in [-0.1, -0.05) is 12.1 Å². The number of alkyl halides is 3. The maximum Gasteiger partial charge on any atom is 0.419 e. The van der Waals surface area contributed by atoms with E-state index in [-0.39, 0.29) is 42.8 Å². The Morgan fingerprint density at radius 3 is 2.76 bits per heavy atom. The lowest BCUT2D eigenvalue weighted by Gasteiger charge is -2.15. The second kappa shape index (κ2) is 11.3. The minimum absolute atomic E-state index is 0.156. The van der Waals surface area contributed by atoms with Gasteiger partial charge in [0.05, 0.1) is 28.7 Å². The van der Waals surface area contributed by atoms with Crippen LogP contribution in [0.4, 0.5) is 19.0 Å². The SMILES string of the molecule is NS(=O)(=O)OC[C@H]1C[C@@H](Nc2ncncc2C(=O)c2cc(COc3ccccc3C(F)(F)F)cs2)C[C@@H]1O. The van der Waals surface area contributed by atoms with E-state index in [4.69, 9.17) is 9.88 Å². The number of nitrogens with two attached hydrogens (primary N) is 1. The van der Waals surface area contributed by atoms with Gasteiger partial charge in [-0.3, -0.25) is 8.98 Å². The van der Waals surface area contributed by atoms with Gasteiger partial charge in [-0.15, -0.1) is 11.3 Å². The van der Waals surface area contributed by atoms with Crippen LogP contribution in [0.2, 0.25) is 0 Å². The summed E-state index contributed by atoms with van der Waals surface area (Å²) < 4.78 is 71.6. The predicted molar refractivity (Wildman–Crippen MR) is 131 cm³/mol. The molecule has 1 aliphatic rings. The molecule has 204 valence electrons. The second-order valence-corrected chi connectivity index (χ2v) is 10.8. The van der Waals surface area contributed by atoms with Gasteiger partial charge in [-0.2, -0.15) is 21.6 Å². The highest BCUT2D eigenvalue weighted by atomic mass is 32.2. The van der Waals surface area contributed by atoms with Crippen LogP contribution in [0.3, 0.4) is 0 Å². The molecule has 4 N–H and O–H groups in total. The van der Waals surface area contributed by atoms with Crippen molar-refractivity contribution in [3.63, 3.8) is 0 Å². The Balaban J connectivity index is 1.42. The van der Waals surface area contributed by atoms with Crippen LogP contribution in [0.5, 0.6) is 5.75 Å². The fraction of sp³-hybridized carbons (Fsp3) is 0.348. The molecule has 0 radical (unpaired) electrons. The Morgan fingerprint density at radius 2 is 2.03 bits per heavy atom. The molecule has 1 fully saturated rings. The third-order valence-corrected chi connectivity index (χ3v) is 7.31.